The molecule has 0 heterocycles. The molecule has 0 radical (unpaired) electrons. The van der Waals surface area contributed by atoms with Crippen LogP contribution in [0.1, 0.15) is 0 Å². The zero-order chi connectivity index (χ0) is 37.5. The van der Waals surface area contributed by atoms with Gasteiger partial charge in [0.1, 0.15) is 20.2 Å². The minimum atomic E-state index is -4.81. The molecule has 54 heavy (non-hydrogen) atoms. The summed E-state index contributed by atoms with van der Waals surface area (Å²) in [6, 6.07) is 26.3. The quantitative estimate of drug-likeness (QED) is 0.0969. The van der Waals surface area contributed by atoms with Gasteiger partial charge in [-0.05, 0) is 106 Å². The predicted molar refractivity (Wildman–Crippen MR) is 191 cm³/mol. The second-order valence-electron chi connectivity index (χ2n) is 11.2. The van der Waals surface area contributed by atoms with Crippen molar-refractivity contribution in [2.75, 3.05) is 20.1 Å². The van der Waals surface area contributed by atoms with Gasteiger partial charge < -0.3 is 19.7 Å². The Morgan fingerprint density at radius 3 is 1.15 bits per heavy atom. The van der Waals surface area contributed by atoms with Crippen LogP contribution in [-0.2, 0) is 40.3 Å². The molecule has 0 aliphatic carbocycles. The number of sulfonamides is 2. The van der Waals surface area contributed by atoms with Crippen LogP contribution in [0.4, 0.5) is 27.5 Å². The van der Waals surface area contributed by atoms with Crippen LogP contribution in [0.25, 0.3) is 21.5 Å². The fourth-order valence-electron chi connectivity index (χ4n) is 5.09. The average Bonchev–Trinajstić information content (AvgIpc) is 3.06. The first-order chi connectivity index (χ1) is 24.4. The number of urea groups is 1. The number of carbonyl (C=O) groups is 1. The van der Waals surface area contributed by atoms with Gasteiger partial charge in [0.2, 0.25) is 0 Å². The van der Waals surface area contributed by atoms with Crippen molar-refractivity contribution in [2.24, 2.45) is 0 Å². The first-order valence-corrected chi connectivity index (χ1v) is 20.5. The summed E-state index contributed by atoms with van der Waals surface area (Å²) >= 11 is 0. The van der Waals surface area contributed by atoms with Gasteiger partial charge in [0.25, 0.3) is 20.0 Å². The van der Waals surface area contributed by atoms with Crippen molar-refractivity contribution < 1.29 is 107 Å². The summed E-state index contributed by atoms with van der Waals surface area (Å²) in [5.74, 6) is 0. The van der Waals surface area contributed by atoms with E-state index in [0.29, 0.717) is 32.9 Å². The molecule has 15 nitrogen and oxygen atoms in total. The predicted octanol–water partition coefficient (Wildman–Crippen LogP) is -0.945. The van der Waals surface area contributed by atoms with Gasteiger partial charge in [-0.15, -0.1) is 0 Å². The Balaban J connectivity index is 0.00000325. The standard InChI is InChI=1S/C33H26N4O11S4.2Na/c38-33(34-25-11-7-21-9-13-29(17-23(21)15-25)49(39,40)36-27-3-1-5-31(19-27)51(43,44)45)35-26-12-8-22-10-14-30(18-24(22)16-26)50(41,42)37-28-4-2-6-32(20-28)52(46,47)48;;/h1-20,36-37H,(H2,34,35,38)(H,43,44,45)(H,46,47,48);;/q;2*+1/p-2. The number of hydrogen-bond acceptors (Lipinski definition) is 11. The molecule has 2 amide bonds. The number of amides is 2. The Kier molecular flexibility index (Phi) is 13.3. The molecule has 0 aromatic heterocycles. The number of anilines is 4. The molecule has 6 aromatic carbocycles. The third-order valence-corrected chi connectivity index (χ3v) is 11.9. The minimum absolute atomic E-state index is 0. The van der Waals surface area contributed by atoms with Gasteiger partial charge in [0.15, 0.2) is 0 Å². The largest absolute Gasteiger partial charge is 1.00 e. The van der Waals surface area contributed by atoms with Crippen molar-refractivity contribution in [3.05, 3.63) is 121 Å². The molecule has 0 bridgehead atoms. The van der Waals surface area contributed by atoms with Crippen LogP contribution in [0, 0.1) is 0 Å². The van der Waals surface area contributed by atoms with Crippen LogP contribution in [0.3, 0.4) is 0 Å². The zero-order valence-corrected chi connectivity index (χ0v) is 35.4. The fraction of sp³-hybridized carbons (Fsp3) is 0. The van der Waals surface area contributed by atoms with Gasteiger partial charge in [-0.25, -0.2) is 38.5 Å². The molecule has 6 aromatic rings. The number of rotatable bonds is 10. The molecule has 0 spiro atoms. The van der Waals surface area contributed by atoms with E-state index in [1.807, 2.05) is 0 Å². The maximum absolute atomic E-state index is 13.1. The molecular weight excluding hydrogens is 803 g/mol. The fourth-order valence-corrected chi connectivity index (χ4v) is 8.29. The average molecular weight is 827 g/mol. The van der Waals surface area contributed by atoms with E-state index in [4.69, 9.17) is 0 Å². The van der Waals surface area contributed by atoms with Gasteiger partial charge in [0, 0.05) is 11.4 Å². The Hall–Kier alpha value is -3.57. The van der Waals surface area contributed by atoms with Crippen molar-refractivity contribution in [1.29, 1.82) is 0 Å². The summed E-state index contributed by atoms with van der Waals surface area (Å²) in [6.45, 7) is 0. The second-order valence-corrected chi connectivity index (χ2v) is 17.3. The van der Waals surface area contributed by atoms with Crippen molar-refractivity contribution >= 4 is 90.6 Å². The molecule has 268 valence electrons. The van der Waals surface area contributed by atoms with Crippen LogP contribution in [0.2, 0.25) is 0 Å². The number of carbonyl (C=O) groups excluding carboxylic acids is 1. The van der Waals surface area contributed by atoms with E-state index in [-0.39, 0.29) is 80.3 Å². The summed E-state index contributed by atoms with van der Waals surface area (Å²) in [5, 5.41) is 7.46. The summed E-state index contributed by atoms with van der Waals surface area (Å²) in [7, 11) is -18.1. The SMILES string of the molecule is O=C(Nc1ccc2ccc(S(=O)(=O)Nc3cccc(S(=O)(=O)[O-])c3)cc2c1)Nc1ccc2ccc(S(=O)(=O)Nc3cccc(S(=O)(=O)[O-])c3)cc2c1.[Na+].[Na+]. The number of fused-ring (bicyclic) bond motifs is 2. The monoisotopic (exact) mass is 826 g/mol. The Morgan fingerprint density at radius 2 is 0.778 bits per heavy atom. The van der Waals surface area contributed by atoms with Crippen LogP contribution >= 0.6 is 0 Å². The Morgan fingerprint density at radius 1 is 0.407 bits per heavy atom. The van der Waals surface area contributed by atoms with Crippen LogP contribution < -0.4 is 79.2 Å². The van der Waals surface area contributed by atoms with Gasteiger partial charge in [-0.3, -0.25) is 9.44 Å². The van der Waals surface area contributed by atoms with E-state index >= 15 is 0 Å². The topological polar surface area (TPSA) is 248 Å². The number of hydrogen-bond donors (Lipinski definition) is 4. The van der Waals surface area contributed by atoms with Crippen molar-refractivity contribution in [2.45, 2.75) is 19.6 Å². The smallest absolute Gasteiger partial charge is 0.744 e. The van der Waals surface area contributed by atoms with Crippen LogP contribution in [0.5, 0.6) is 0 Å². The molecule has 6 rings (SSSR count). The van der Waals surface area contributed by atoms with Crippen molar-refractivity contribution in [1.82, 2.24) is 0 Å². The first kappa shape index (κ1) is 43.2. The van der Waals surface area contributed by atoms with E-state index in [0.717, 1.165) is 24.3 Å². The Labute approximate surface area is 354 Å². The van der Waals surface area contributed by atoms with Gasteiger partial charge in [0.05, 0.1) is 31.0 Å². The molecule has 21 heteroatoms. The molecule has 0 aliphatic heterocycles. The summed E-state index contributed by atoms with van der Waals surface area (Å²) in [4.78, 5) is 11.4. The van der Waals surface area contributed by atoms with E-state index < -0.39 is 56.1 Å². The molecule has 0 atom stereocenters. The summed E-state index contributed by atoms with van der Waals surface area (Å²) in [6.07, 6.45) is 0. The molecule has 0 fully saturated rings. The molecular formula is C33H24N4Na2O11S4. The van der Waals surface area contributed by atoms with Gasteiger partial charge in [-0.2, -0.15) is 0 Å². The van der Waals surface area contributed by atoms with Gasteiger partial charge in [-0.1, -0.05) is 36.4 Å². The first-order valence-electron chi connectivity index (χ1n) is 14.7. The van der Waals surface area contributed by atoms with Crippen LogP contribution in [-0.4, -0.2) is 48.8 Å². The molecule has 0 unspecified atom stereocenters. The van der Waals surface area contributed by atoms with Crippen LogP contribution in [0.15, 0.2) is 141 Å². The van der Waals surface area contributed by atoms with Crippen molar-refractivity contribution in [3.8, 4) is 0 Å². The van der Waals surface area contributed by atoms with E-state index in [1.165, 1.54) is 60.7 Å². The minimum Gasteiger partial charge on any atom is -0.744 e. The molecule has 0 saturated carbocycles. The molecule has 0 saturated heterocycles. The summed E-state index contributed by atoms with van der Waals surface area (Å²) < 4.78 is 125. The maximum atomic E-state index is 13.1. The molecule has 4 N–H and O–H groups in total. The third kappa shape index (κ3) is 10.4. The Bertz CT molecular complexity index is 2680. The van der Waals surface area contributed by atoms with E-state index in [2.05, 4.69) is 20.1 Å². The third-order valence-electron chi connectivity index (χ3n) is 7.51. The second kappa shape index (κ2) is 16.7. The number of benzene rings is 6. The summed E-state index contributed by atoms with van der Waals surface area (Å²) in [5.41, 5.74) is 0.341. The number of nitrogens with one attached hydrogen (secondary N) is 4. The maximum Gasteiger partial charge on any atom is 1.00 e. The van der Waals surface area contributed by atoms with E-state index in [1.54, 1.807) is 36.4 Å². The van der Waals surface area contributed by atoms with Crippen molar-refractivity contribution in [3.63, 3.8) is 0 Å². The van der Waals surface area contributed by atoms with E-state index in [9.17, 15) is 47.6 Å². The normalized spacial score (nSPS) is 11.9. The zero-order valence-electron chi connectivity index (χ0n) is 28.2. The molecule has 0 aliphatic rings. The van der Waals surface area contributed by atoms with Gasteiger partial charge >= 0.3 is 65.1 Å².